The van der Waals surface area contributed by atoms with Crippen molar-refractivity contribution in [2.75, 3.05) is 29.9 Å². The van der Waals surface area contributed by atoms with Crippen molar-refractivity contribution in [2.45, 2.75) is 73.6 Å². The molecule has 0 aromatic carbocycles. The molecular weight excluding hydrogens is 667 g/mol. The van der Waals surface area contributed by atoms with Crippen LogP contribution in [-0.2, 0) is 10.0 Å². The molecule has 256 valence electrons. The number of fused-ring (bicyclic) bond motifs is 6. The molecular formula is C31H34B4F3N7O4S. The Morgan fingerprint density at radius 3 is 2.46 bits per heavy atom. The number of carbonyl (C=O) groups excluding carboxylic acids is 1. The number of nitrogens with zero attached hydrogens (tertiary/aromatic N) is 5. The first-order valence-electron chi connectivity index (χ1n) is 16.2. The highest BCUT2D eigenvalue weighted by Crippen LogP contribution is 2.73. The average Bonchev–Trinajstić information content (AvgIpc) is 3.64. The first kappa shape index (κ1) is 36.2. The number of carbonyl (C=O) groups is 1. The van der Waals surface area contributed by atoms with Gasteiger partial charge >= 0.3 is 6.18 Å². The molecule has 4 bridgehead atoms. The van der Waals surface area contributed by atoms with Crippen LogP contribution in [0.1, 0.15) is 56.8 Å². The number of alkyl halides is 3. The van der Waals surface area contributed by atoms with Crippen molar-refractivity contribution < 1.29 is 31.1 Å². The summed E-state index contributed by atoms with van der Waals surface area (Å²) in [7, 11) is 19.6. The molecule has 5 heterocycles. The van der Waals surface area contributed by atoms with Crippen LogP contribution in [0.5, 0.6) is 5.88 Å². The molecule has 8 radical (unpaired) electrons. The fourth-order valence-electron chi connectivity index (χ4n) is 6.88. The largest absolute Gasteiger partial charge is 0.478 e. The molecule has 11 nitrogen and oxygen atoms in total. The lowest BCUT2D eigenvalue weighted by Crippen LogP contribution is -2.48. The normalized spacial score (nSPS) is 23.1. The number of nitrogens with one attached hydrogen (secondary N) is 2. The SMILES string of the molecule is [B]C([B])(COc1ccn(-c2ccc3c(n2)N2CC(CC2(C)C)C(C)CCNc2cccc(n2)S(=O)(=O)NC3=O)n1)C([B])([B])C1(C(F)(F)F)CC1. The molecule has 1 saturated heterocycles. The minimum absolute atomic E-state index is 0.0171. The number of aromatic nitrogens is 4. The zero-order valence-electron chi connectivity index (χ0n) is 27.9. The number of hydrogen-bond acceptors (Lipinski definition) is 9. The molecule has 0 spiro atoms. The van der Waals surface area contributed by atoms with Crippen molar-refractivity contribution in [1.82, 2.24) is 24.5 Å². The maximum atomic E-state index is 13.8. The lowest BCUT2D eigenvalue weighted by Gasteiger charge is -2.50. The highest BCUT2D eigenvalue weighted by molar-refractivity contribution is 7.90. The molecule has 2 aliphatic heterocycles. The maximum Gasteiger partial charge on any atom is 0.393 e. The summed E-state index contributed by atoms with van der Waals surface area (Å²) in [4.78, 5) is 24.7. The minimum atomic E-state index is -4.71. The first-order valence-corrected chi connectivity index (χ1v) is 17.6. The van der Waals surface area contributed by atoms with Gasteiger partial charge in [0.2, 0.25) is 5.88 Å². The van der Waals surface area contributed by atoms with E-state index in [4.69, 9.17) is 41.1 Å². The number of pyridine rings is 2. The van der Waals surface area contributed by atoms with Crippen LogP contribution in [0.2, 0.25) is 10.4 Å². The molecule has 50 heavy (non-hydrogen) atoms. The zero-order valence-corrected chi connectivity index (χ0v) is 28.7. The highest BCUT2D eigenvalue weighted by Gasteiger charge is 2.71. The number of sulfonamides is 1. The summed E-state index contributed by atoms with van der Waals surface area (Å²) >= 11 is 0. The summed E-state index contributed by atoms with van der Waals surface area (Å²) in [5.74, 6) is 0.398. The van der Waals surface area contributed by atoms with E-state index < -0.39 is 50.1 Å². The molecule has 2 unspecified atom stereocenters. The van der Waals surface area contributed by atoms with Crippen molar-refractivity contribution in [1.29, 1.82) is 0 Å². The van der Waals surface area contributed by atoms with Crippen molar-refractivity contribution in [3.8, 4) is 11.7 Å². The van der Waals surface area contributed by atoms with Crippen LogP contribution in [0.15, 0.2) is 47.6 Å². The van der Waals surface area contributed by atoms with Gasteiger partial charge in [0.15, 0.2) is 10.8 Å². The molecule has 2 atom stereocenters. The number of halogens is 3. The molecule has 1 aliphatic carbocycles. The van der Waals surface area contributed by atoms with E-state index in [1.165, 1.54) is 35.1 Å². The van der Waals surface area contributed by atoms with E-state index in [0.717, 1.165) is 12.8 Å². The second-order valence-corrected chi connectivity index (χ2v) is 15.9. The maximum absolute atomic E-state index is 13.8. The van der Waals surface area contributed by atoms with Gasteiger partial charge in [-0.1, -0.05) is 23.4 Å². The van der Waals surface area contributed by atoms with Crippen LogP contribution in [0.4, 0.5) is 24.8 Å². The van der Waals surface area contributed by atoms with Crippen molar-refractivity contribution in [3.05, 3.63) is 48.2 Å². The quantitative estimate of drug-likeness (QED) is 0.372. The third-order valence-corrected chi connectivity index (χ3v) is 11.6. The topological polar surface area (TPSA) is 131 Å². The van der Waals surface area contributed by atoms with Gasteiger partial charge in [-0.3, -0.25) is 4.79 Å². The number of ether oxygens (including phenoxy) is 1. The Balaban J connectivity index is 1.31. The summed E-state index contributed by atoms with van der Waals surface area (Å²) in [6.07, 6.45) is -2.27. The summed E-state index contributed by atoms with van der Waals surface area (Å²) in [5.41, 5.74) is -2.89. The summed E-state index contributed by atoms with van der Waals surface area (Å²) in [5, 5.41) is 2.38. The molecule has 3 aliphatic rings. The molecule has 1 amide bonds. The third kappa shape index (κ3) is 6.38. The van der Waals surface area contributed by atoms with Gasteiger partial charge in [0.1, 0.15) is 11.6 Å². The number of hydrogen-bond donors (Lipinski definition) is 2. The first-order chi connectivity index (χ1) is 23.2. The van der Waals surface area contributed by atoms with E-state index in [9.17, 15) is 26.4 Å². The van der Waals surface area contributed by atoms with E-state index in [1.54, 1.807) is 12.1 Å². The molecule has 6 rings (SSSR count). The molecule has 19 heteroatoms. The standard InChI is InChI=1S/C31H34B4F3N7O4S/c1-18-9-13-39-21-5-4-6-24(40-21)50(47,48)43-26(46)20-7-8-22(41-25(20)44-16-19(18)15-27(44,2)3)45-14-10-23(42-45)49-17-29(32,33)30(34,35)28(11-12-28)31(36,37)38/h4-8,10,14,18-19H,9,11-13,15-17H2,1-3H3,(H,39,40)(H,43,46). The van der Waals surface area contributed by atoms with E-state index in [2.05, 4.69) is 27.0 Å². The number of anilines is 2. The van der Waals surface area contributed by atoms with Crippen LogP contribution in [0.3, 0.4) is 0 Å². The van der Waals surface area contributed by atoms with Gasteiger partial charge in [0.25, 0.3) is 15.9 Å². The molecule has 3 aromatic rings. The van der Waals surface area contributed by atoms with Gasteiger partial charge in [-0.15, -0.1) is 5.10 Å². The van der Waals surface area contributed by atoms with Crippen LogP contribution in [0, 0.1) is 17.3 Å². The molecule has 2 fully saturated rings. The van der Waals surface area contributed by atoms with Gasteiger partial charge in [-0.2, -0.15) is 21.6 Å². The molecule has 2 N–H and O–H groups in total. The summed E-state index contributed by atoms with van der Waals surface area (Å²) < 4.78 is 77.0. The predicted molar refractivity (Wildman–Crippen MR) is 184 cm³/mol. The van der Waals surface area contributed by atoms with Crippen molar-refractivity contribution >= 4 is 59.0 Å². The van der Waals surface area contributed by atoms with Crippen LogP contribution in [-0.4, -0.2) is 96.9 Å². The lowest BCUT2D eigenvalue weighted by atomic mass is 9.26. The second kappa shape index (κ2) is 12.3. The Morgan fingerprint density at radius 2 is 1.78 bits per heavy atom. The van der Waals surface area contributed by atoms with Gasteiger partial charge in [0, 0.05) is 30.9 Å². The van der Waals surface area contributed by atoms with Gasteiger partial charge < -0.3 is 15.0 Å². The Bertz CT molecular complexity index is 1900. The van der Waals surface area contributed by atoms with Gasteiger partial charge in [0.05, 0.1) is 49.0 Å². The van der Waals surface area contributed by atoms with E-state index in [0.29, 0.717) is 18.9 Å². The van der Waals surface area contributed by atoms with Crippen LogP contribution < -0.4 is 19.7 Å². The third-order valence-electron chi connectivity index (χ3n) is 10.3. The Labute approximate surface area is 294 Å². The average molecular weight is 701 g/mol. The van der Waals surface area contributed by atoms with Crippen molar-refractivity contribution in [2.24, 2.45) is 17.3 Å². The predicted octanol–water partition coefficient (Wildman–Crippen LogP) is 3.47. The van der Waals surface area contributed by atoms with E-state index in [1.807, 2.05) is 18.7 Å². The van der Waals surface area contributed by atoms with Crippen molar-refractivity contribution in [3.63, 3.8) is 0 Å². The molecule has 3 aromatic heterocycles. The number of rotatable bonds is 6. The second-order valence-electron chi connectivity index (χ2n) is 14.3. The zero-order chi connectivity index (χ0) is 36.5. The lowest BCUT2D eigenvalue weighted by molar-refractivity contribution is -0.193. The smallest absolute Gasteiger partial charge is 0.393 e. The van der Waals surface area contributed by atoms with E-state index in [-0.39, 0.29) is 52.8 Å². The summed E-state index contributed by atoms with van der Waals surface area (Å²) in [6.45, 7) is 6.66. The molecule has 1 saturated carbocycles. The summed E-state index contributed by atoms with van der Waals surface area (Å²) in [6, 6.07) is 8.87. The fourth-order valence-corrected chi connectivity index (χ4v) is 7.82. The van der Waals surface area contributed by atoms with Crippen LogP contribution in [0.25, 0.3) is 5.82 Å². The monoisotopic (exact) mass is 701 g/mol. The highest BCUT2D eigenvalue weighted by atomic mass is 32.2. The minimum Gasteiger partial charge on any atom is -0.478 e. The van der Waals surface area contributed by atoms with Gasteiger partial charge in [-0.25, -0.2) is 19.4 Å². The number of amides is 1. The van der Waals surface area contributed by atoms with Crippen LogP contribution >= 0.6 is 0 Å². The Morgan fingerprint density at radius 1 is 1.06 bits per heavy atom. The Hall–Kier alpha value is -3.62. The Kier molecular flexibility index (Phi) is 8.87. The fraction of sp³-hybridized carbons (Fsp3) is 0.548. The van der Waals surface area contributed by atoms with Gasteiger partial charge in [-0.05, 0) is 75.6 Å². The van der Waals surface area contributed by atoms with E-state index >= 15 is 0 Å².